The van der Waals surface area contributed by atoms with E-state index in [9.17, 15) is 14.1 Å². The third-order valence-electron chi connectivity index (χ3n) is 7.97. The molecule has 2 saturated carbocycles. The summed E-state index contributed by atoms with van der Waals surface area (Å²) in [6.45, 7) is 13.0. The van der Waals surface area contributed by atoms with Crippen molar-refractivity contribution in [2.75, 3.05) is 0 Å². The van der Waals surface area contributed by atoms with Crippen molar-refractivity contribution in [1.82, 2.24) is 0 Å². The van der Waals surface area contributed by atoms with E-state index in [0.717, 1.165) is 38.5 Å². The first-order chi connectivity index (χ1) is 15.5. The van der Waals surface area contributed by atoms with Crippen LogP contribution in [0.1, 0.15) is 91.5 Å². The van der Waals surface area contributed by atoms with Crippen molar-refractivity contribution in [3.63, 3.8) is 0 Å². The zero-order valence-corrected chi connectivity index (χ0v) is 22.1. The number of halogens is 1. The number of hydrogen-bond acceptors (Lipinski definition) is 4. The highest BCUT2D eigenvalue weighted by Gasteiger charge is 2.47. The lowest BCUT2D eigenvalue weighted by Gasteiger charge is -2.42. The largest absolute Gasteiger partial charge is 0.376 e. The number of aliphatic hydroxyl groups excluding tert-OH is 1. The quantitative estimate of drug-likeness (QED) is 0.382. The molecule has 0 aliphatic heterocycles. The van der Waals surface area contributed by atoms with Gasteiger partial charge in [0.15, 0.2) is 5.85 Å². The van der Waals surface area contributed by atoms with E-state index in [1.165, 1.54) is 12.1 Å². The fraction of sp³-hybridized carbons (Fsp3) is 0.778. The van der Waals surface area contributed by atoms with Gasteiger partial charge in [0.05, 0.1) is 12.2 Å². The zero-order valence-electron chi connectivity index (χ0n) is 21.2. The molecule has 1 unspecified atom stereocenters. The summed E-state index contributed by atoms with van der Waals surface area (Å²) in [6, 6.07) is 5.97. The molecule has 0 aromatic heterocycles. The maximum atomic E-state index is 14.7. The molecule has 0 radical (unpaired) electrons. The molecule has 1 aromatic carbocycles. The average molecular weight is 483 g/mol. The highest BCUT2D eigenvalue weighted by molar-refractivity contribution is 7.54. The predicted octanol–water partition coefficient (Wildman–Crippen LogP) is 7.96. The predicted molar refractivity (Wildman–Crippen MR) is 131 cm³/mol. The summed E-state index contributed by atoms with van der Waals surface area (Å²) in [7, 11) is -4.09. The van der Waals surface area contributed by atoms with Crippen LogP contribution >= 0.6 is 7.60 Å². The standard InChI is InChI=1S/C27H44FO4P/c1-17(2)21-13-11-19(5)15-25(21)31-33(30,27(29)23-9-7-8-10-24(23)28)32-26-16-20(6)12-14-22(26)18(3)4/h7-10,17-22,25-27,29H,11-16H2,1-6H3/t19-,20+,21-,22+,25-,26-,27+,33?/m1/s1. The molecule has 0 bridgehead atoms. The van der Waals surface area contributed by atoms with Gasteiger partial charge in [0.2, 0.25) is 0 Å². The van der Waals surface area contributed by atoms with Gasteiger partial charge in [0, 0.05) is 5.56 Å². The summed E-state index contributed by atoms with van der Waals surface area (Å²) in [5, 5.41) is 11.3. The topological polar surface area (TPSA) is 55.8 Å². The molecule has 33 heavy (non-hydrogen) atoms. The van der Waals surface area contributed by atoms with Crippen molar-refractivity contribution in [2.45, 2.75) is 98.1 Å². The Morgan fingerprint density at radius 3 is 1.76 bits per heavy atom. The highest BCUT2D eigenvalue weighted by atomic mass is 31.2. The second kappa shape index (κ2) is 11.3. The molecule has 3 rings (SSSR count). The minimum atomic E-state index is -4.09. The highest BCUT2D eigenvalue weighted by Crippen LogP contribution is 2.64. The van der Waals surface area contributed by atoms with Crippen LogP contribution in [0.25, 0.3) is 0 Å². The van der Waals surface area contributed by atoms with Crippen molar-refractivity contribution in [3.05, 3.63) is 35.6 Å². The summed E-state index contributed by atoms with van der Waals surface area (Å²) in [5.74, 6) is -0.154. The SMILES string of the molecule is CC(C)[C@H]1CC[C@@H](C)C[C@H]1OP(=O)(O[C@@H]1C[C@@H](C)CC[C@H]1C(C)C)[C@H](O)c1ccccc1F. The second-order valence-corrected chi connectivity index (χ2v) is 13.4. The Labute approximate surface area is 200 Å². The lowest BCUT2D eigenvalue weighted by molar-refractivity contribution is -0.0156. The second-order valence-electron chi connectivity index (χ2n) is 11.4. The van der Waals surface area contributed by atoms with Gasteiger partial charge in [-0.25, -0.2) is 4.39 Å². The molecule has 1 N–H and O–H groups in total. The smallest absolute Gasteiger partial charge is 0.364 e. The van der Waals surface area contributed by atoms with Crippen LogP contribution in [0.15, 0.2) is 24.3 Å². The Morgan fingerprint density at radius 1 is 0.879 bits per heavy atom. The summed E-state index contributed by atoms with van der Waals surface area (Å²) in [6.07, 6.45) is 5.20. The van der Waals surface area contributed by atoms with Gasteiger partial charge >= 0.3 is 7.60 Å². The monoisotopic (exact) mass is 482 g/mol. The van der Waals surface area contributed by atoms with Gasteiger partial charge in [-0.2, -0.15) is 0 Å². The molecule has 0 saturated heterocycles. The van der Waals surface area contributed by atoms with E-state index >= 15 is 0 Å². The number of hydrogen-bond donors (Lipinski definition) is 1. The van der Waals surface area contributed by atoms with Gasteiger partial charge in [-0.15, -0.1) is 0 Å². The number of benzene rings is 1. The van der Waals surface area contributed by atoms with Gasteiger partial charge in [-0.05, 0) is 67.3 Å². The minimum absolute atomic E-state index is 0.0178. The molecule has 6 heteroatoms. The van der Waals surface area contributed by atoms with E-state index in [2.05, 4.69) is 41.5 Å². The molecule has 0 heterocycles. The minimum Gasteiger partial charge on any atom is -0.376 e. The van der Waals surface area contributed by atoms with E-state index < -0.39 is 19.3 Å². The number of rotatable bonds is 8. The number of aliphatic hydroxyl groups is 1. The Hall–Kier alpha value is -0.740. The molecule has 1 aromatic rings. The fourth-order valence-corrected chi connectivity index (χ4v) is 7.91. The lowest BCUT2D eigenvalue weighted by atomic mass is 9.75. The third-order valence-corrected chi connectivity index (χ3v) is 9.98. The molecule has 188 valence electrons. The first-order valence-electron chi connectivity index (χ1n) is 12.9. The van der Waals surface area contributed by atoms with Crippen LogP contribution < -0.4 is 0 Å². The normalized spacial score (nSPS) is 33.8. The van der Waals surface area contributed by atoms with E-state index in [0.29, 0.717) is 23.7 Å². The van der Waals surface area contributed by atoms with Crippen molar-refractivity contribution < 1.29 is 23.1 Å². The van der Waals surface area contributed by atoms with Crippen LogP contribution in [0, 0.1) is 41.3 Å². The van der Waals surface area contributed by atoms with Crippen molar-refractivity contribution in [1.29, 1.82) is 0 Å². The van der Waals surface area contributed by atoms with E-state index in [1.54, 1.807) is 12.1 Å². The zero-order chi connectivity index (χ0) is 24.3. The molecular weight excluding hydrogens is 438 g/mol. The van der Waals surface area contributed by atoms with Crippen LogP contribution in [0.3, 0.4) is 0 Å². The summed E-state index contributed by atoms with van der Waals surface area (Å²) >= 11 is 0. The van der Waals surface area contributed by atoms with E-state index in [1.807, 2.05) is 0 Å². The fourth-order valence-electron chi connectivity index (χ4n) is 5.84. The van der Waals surface area contributed by atoms with Crippen LogP contribution in [0.4, 0.5) is 4.39 Å². The Morgan fingerprint density at radius 2 is 1.33 bits per heavy atom. The molecular formula is C27H44FO4P. The van der Waals surface area contributed by atoms with Crippen molar-refractivity contribution in [2.24, 2.45) is 35.5 Å². The Kier molecular flexibility index (Phi) is 9.22. The van der Waals surface area contributed by atoms with E-state index in [4.69, 9.17) is 9.05 Å². The van der Waals surface area contributed by atoms with Gasteiger partial charge in [-0.1, -0.05) is 72.6 Å². The van der Waals surface area contributed by atoms with E-state index in [-0.39, 0.29) is 29.6 Å². The molecule has 0 spiro atoms. The summed E-state index contributed by atoms with van der Waals surface area (Å²) in [5.41, 5.74) is -0.0178. The van der Waals surface area contributed by atoms with Crippen LogP contribution in [-0.2, 0) is 13.6 Å². The van der Waals surface area contributed by atoms with Gasteiger partial charge in [-0.3, -0.25) is 4.57 Å². The van der Waals surface area contributed by atoms with Crippen molar-refractivity contribution >= 4 is 7.60 Å². The maximum absolute atomic E-state index is 14.7. The lowest BCUT2D eigenvalue weighted by Crippen LogP contribution is -2.37. The van der Waals surface area contributed by atoms with Crippen LogP contribution in [0.2, 0.25) is 0 Å². The third kappa shape index (κ3) is 6.48. The van der Waals surface area contributed by atoms with Gasteiger partial charge in [0.25, 0.3) is 0 Å². The van der Waals surface area contributed by atoms with Gasteiger partial charge < -0.3 is 14.2 Å². The van der Waals surface area contributed by atoms with Crippen LogP contribution in [0.5, 0.6) is 0 Å². The molecule has 2 fully saturated rings. The molecule has 8 atom stereocenters. The maximum Gasteiger partial charge on any atom is 0.364 e. The summed E-state index contributed by atoms with van der Waals surface area (Å²) in [4.78, 5) is 0. The molecule has 2 aliphatic carbocycles. The average Bonchev–Trinajstić information content (AvgIpc) is 2.73. The summed E-state index contributed by atoms with van der Waals surface area (Å²) < 4.78 is 41.9. The molecule has 0 amide bonds. The van der Waals surface area contributed by atoms with Gasteiger partial charge in [0.1, 0.15) is 5.82 Å². The molecule has 2 aliphatic rings. The first-order valence-corrected chi connectivity index (χ1v) is 14.5. The first kappa shape index (κ1) is 26.9. The van der Waals surface area contributed by atoms with Crippen LogP contribution in [-0.4, -0.2) is 17.3 Å². The Balaban J connectivity index is 1.96. The molecule has 4 nitrogen and oxygen atoms in total. The Bertz CT molecular complexity index is 775. The van der Waals surface area contributed by atoms with Crippen molar-refractivity contribution in [3.8, 4) is 0 Å².